The number of hydrogen-bond acceptors (Lipinski definition) is 4. The lowest BCUT2D eigenvalue weighted by molar-refractivity contribution is -0.138. The minimum absolute atomic E-state index is 0.0334. The number of aromatic nitrogens is 2. The fourth-order valence-electron chi connectivity index (χ4n) is 2.43. The number of alkyl halides is 3. The first kappa shape index (κ1) is 15.8. The highest BCUT2D eigenvalue weighted by molar-refractivity contribution is 6.30. The van der Waals surface area contributed by atoms with E-state index in [1.807, 2.05) is 0 Å². The van der Waals surface area contributed by atoms with E-state index in [0.29, 0.717) is 13.0 Å². The molecule has 1 saturated heterocycles. The standard InChI is InChI=1S/C12H13ClF3N3O2/c13-11-8(12(14,15)16)6-9(17-18-11)19-5-1-2-7(19)3-4-10(20)21/h6-7H,1-5H2,(H,20,21)/t7-/m1/s1. The summed E-state index contributed by atoms with van der Waals surface area (Å²) in [6.45, 7) is 0.526. The van der Waals surface area contributed by atoms with Crippen LogP contribution in [0.5, 0.6) is 0 Å². The molecule has 1 N–H and O–H groups in total. The van der Waals surface area contributed by atoms with Gasteiger partial charge in [0.25, 0.3) is 0 Å². The molecule has 21 heavy (non-hydrogen) atoms. The van der Waals surface area contributed by atoms with Gasteiger partial charge in [0.15, 0.2) is 11.0 Å². The third kappa shape index (κ3) is 3.75. The van der Waals surface area contributed by atoms with E-state index >= 15 is 0 Å². The maximum atomic E-state index is 12.8. The van der Waals surface area contributed by atoms with Crippen molar-refractivity contribution in [1.29, 1.82) is 0 Å². The summed E-state index contributed by atoms with van der Waals surface area (Å²) in [7, 11) is 0. The molecule has 2 heterocycles. The molecule has 1 aromatic heterocycles. The monoisotopic (exact) mass is 323 g/mol. The van der Waals surface area contributed by atoms with Gasteiger partial charge in [-0.25, -0.2) is 0 Å². The van der Waals surface area contributed by atoms with Gasteiger partial charge in [-0.3, -0.25) is 4.79 Å². The number of halogens is 4. The largest absolute Gasteiger partial charge is 0.481 e. The van der Waals surface area contributed by atoms with Gasteiger partial charge < -0.3 is 10.0 Å². The average Bonchev–Trinajstić information content (AvgIpc) is 2.84. The Labute approximate surface area is 123 Å². The van der Waals surface area contributed by atoms with Crippen molar-refractivity contribution in [2.75, 3.05) is 11.4 Å². The number of carbonyl (C=O) groups is 1. The van der Waals surface area contributed by atoms with Gasteiger partial charge in [-0.2, -0.15) is 13.2 Å². The molecule has 1 aromatic rings. The van der Waals surface area contributed by atoms with E-state index in [4.69, 9.17) is 16.7 Å². The lowest BCUT2D eigenvalue weighted by Crippen LogP contribution is -2.31. The van der Waals surface area contributed by atoms with Gasteiger partial charge in [0, 0.05) is 19.0 Å². The first-order valence-corrected chi connectivity index (χ1v) is 6.75. The fourth-order valence-corrected chi connectivity index (χ4v) is 2.63. The maximum Gasteiger partial charge on any atom is 0.419 e. The zero-order chi connectivity index (χ0) is 15.6. The molecule has 2 rings (SSSR count). The number of rotatable bonds is 4. The topological polar surface area (TPSA) is 66.3 Å². The van der Waals surface area contributed by atoms with Gasteiger partial charge in [0.1, 0.15) is 0 Å². The lowest BCUT2D eigenvalue weighted by Gasteiger charge is -2.25. The Balaban J connectivity index is 2.22. The molecule has 0 spiro atoms. The Kier molecular flexibility index (Phi) is 4.55. The SMILES string of the molecule is O=C(O)CC[C@H]1CCCN1c1cc(C(F)(F)F)c(Cl)nn1. The summed E-state index contributed by atoms with van der Waals surface area (Å²) >= 11 is 5.44. The first-order valence-electron chi connectivity index (χ1n) is 6.38. The molecule has 0 amide bonds. The molecule has 116 valence electrons. The lowest BCUT2D eigenvalue weighted by atomic mass is 10.1. The van der Waals surface area contributed by atoms with Gasteiger partial charge in [-0.05, 0) is 25.3 Å². The molecule has 1 aliphatic rings. The van der Waals surface area contributed by atoms with Crippen molar-refractivity contribution in [1.82, 2.24) is 10.2 Å². The van der Waals surface area contributed by atoms with Crippen LogP contribution >= 0.6 is 11.6 Å². The second-order valence-corrected chi connectivity index (χ2v) is 5.18. The number of aliphatic carboxylic acids is 1. The number of nitrogens with zero attached hydrogens (tertiary/aromatic N) is 3. The van der Waals surface area contributed by atoms with Crippen LogP contribution in [-0.2, 0) is 11.0 Å². The van der Waals surface area contributed by atoms with Gasteiger partial charge in [0.2, 0.25) is 0 Å². The highest BCUT2D eigenvalue weighted by atomic mass is 35.5. The van der Waals surface area contributed by atoms with Crippen molar-refractivity contribution in [2.24, 2.45) is 0 Å². The molecule has 5 nitrogen and oxygen atoms in total. The molecule has 9 heteroatoms. The van der Waals surface area contributed by atoms with Crippen LogP contribution in [0.4, 0.5) is 19.0 Å². The van der Waals surface area contributed by atoms with Crippen LogP contribution < -0.4 is 4.90 Å². The van der Waals surface area contributed by atoms with Crippen LogP contribution in [-0.4, -0.2) is 33.9 Å². The van der Waals surface area contributed by atoms with Crippen LogP contribution in [0.25, 0.3) is 0 Å². The smallest absolute Gasteiger partial charge is 0.419 e. The first-order chi connectivity index (χ1) is 9.79. The number of carboxylic acids is 1. The third-order valence-electron chi connectivity index (χ3n) is 3.40. The van der Waals surface area contributed by atoms with Gasteiger partial charge >= 0.3 is 12.1 Å². The second-order valence-electron chi connectivity index (χ2n) is 4.83. The summed E-state index contributed by atoms with van der Waals surface area (Å²) < 4.78 is 38.5. The molecule has 1 atom stereocenters. The quantitative estimate of drug-likeness (QED) is 0.922. The van der Waals surface area contributed by atoms with E-state index in [-0.39, 0.29) is 18.3 Å². The van der Waals surface area contributed by atoms with Crippen molar-refractivity contribution in [3.63, 3.8) is 0 Å². The minimum Gasteiger partial charge on any atom is -0.481 e. The molecule has 1 aliphatic heterocycles. The maximum absolute atomic E-state index is 12.8. The van der Waals surface area contributed by atoms with E-state index in [9.17, 15) is 18.0 Å². The average molecular weight is 324 g/mol. The van der Waals surface area contributed by atoms with Crippen molar-refractivity contribution >= 4 is 23.4 Å². The Bertz CT molecular complexity index is 539. The predicted octanol–water partition coefficient (Wildman–Crippen LogP) is 2.98. The Morgan fingerprint density at radius 1 is 1.48 bits per heavy atom. The molecule has 0 saturated carbocycles. The summed E-state index contributed by atoms with van der Waals surface area (Å²) in [4.78, 5) is 12.3. The van der Waals surface area contributed by atoms with E-state index in [0.717, 1.165) is 18.9 Å². The third-order valence-corrected chi connectivity index (χ3v) is 3.68. The van der Waals surface area contributed by atoms with E-state index in [2.05, 4.69) is 10.2 Å². The highest BCUT2D eigenvalue weighted by Gasteiger charge is 2.36. The van der Waals surface area contributed by atoms with Crippen LogP contribution in [0, 0.1) is 0 Å². The Hall–Kier alpha value is -1.57. The molecule has 0 aliphatic carbocycles. The summed E-state index contributed by atoms with van der Waals surface area (Å²) in [6, 6.07) is 0.728. The Morgan fingerprint density at radius 2 is 2.19 bits per heavy atom. The molecule has 1 fully saturated rings. The zero-order valence-corrected chi connectivity index (χ0v) is 11.7. The number of hydrogen-bond donors (Lipinski definition) is 1. The molecule has 0 bridgehead atoms. The summed E-state index contributed by atoms with van der Waals surface area (Å²) in [6.07, 6.45) is -2.78. The normalized spacial score (nSPS) is 19.0. The number of carboxylic acid groups (broad SMARTS) is 1. The van der Waals surface area contributed by atoms with Gasteiger partial charge in [-0.15, -0.1) is 10.2 Å². The molecule has 0 radical (unpaired) electrons. The molecular weight excluding hydrogens is 311 g/mol. The van der Waals surface area contributed by atoms with Crippen LogP contribution in [0.1, 0.15) is 31.2 Å². The van der Waals surface area contributed by atoms with Crippen LogP contribution in [0.15, 0.2) is 6.07 Å². The minimum atomic E-state index is -4.60. The Morgan fingerprint density at radius 3 is 2.81 bits per heavy atom. The van der Waals surface area contributed by atoms with Crippen molar-refractivity contribution in [3.05, 3.63) is 16.8 Å². The molecule has 0 unspecified atom stereocenters. The second kappa shape index (κ2) is 6.05. The molecule has 0 aromatic carbocycles. The summed E-state index contributed by atoms with van der Waals surface area (Å²) in [5.41, 5.74) is -1.03. The van der Waals surface area contributed by atoms with Crippen molar-refractivity contribution in [3.8, 4) is 0 Å². The van der Waals surface area contributed by atoms with Crippen LogP contribution in [0.2, 0.25) is 5.15 Å². The van der Waals surface area contributed by atoms with E-state index in [1.54, 1.807) is 4.90 Å². The fraction of sp³-hybridized carbons (Fsp3) is 0.583. The van der Waals surface area contributed by atoms with Gasteiger partial charge in [0.05, 0.1) is 5.56 Å². The van der Waals surface area contributed by atoms with Crippen molar-refractivity contribution in [2.45, 2.75) is 37.9 Å². The van der Waals surface area contributed by atoms with E-state index < -0.39 is 22.9 Å². The predicted molar refractivity (Wildman–Crippen MR) is 69.3 cm³/mol. The van der Waals surface area contributed by atoms with Gasteiger partial charge in [-0.1, -0.05) is 11.6 Å². The summed E-state index contributed by atoms with van der Waals surface area (Å²) in [5.74, 6) is -0.848. The zero-order valence-electron chi connectivity index (χ0n) is 10.9. The van der Waals surface area contributed by atoms with Crippen LogP contribution in [0.3, 0.4) is 0 Å². The molecular formula is C12H13ClF3N3O2. The van der Waals surface area contributed by atoms with Crippen molar-refractivity contribution < 1.29 is 23.1 Å². The summed E-state index contributed by atoms with van der Waals surface area (Å²) in [5, 5.41) is 15.1. The van der Waals surface area contributed by atoms with E-state index in [1.165, 1.54) is 0 Å². The highest BCUT2D eigenvalue weighted by Crippen LogP contribution is 2.36. The number of anilines is 1.